The number of benzene rings is 1. The smallest absolute Gasteiger partial charge is 0.150 e. The molecule has 7 heteroatoms. The van der Waals surface area contributed by atoms with Gasteiger partial charge in [-0.2, -0.15) is 0 Å². The van der Waals surface area contributed by atoms with Crippen molar-refractivity contribution in [3.63, 3.8) is 0 Å². The lowest BCUT2D eigenvalue weighted by atomic mass is 10.2. The second-order valence-corrected chi connectivity index (χ2v) is 5.64. The molecule has 1 atom stereocenters. The van der Waals surface area contributed by atoms with E-state index in [4.69, 9.17) is 0 Å². The van der Waals surface area contributed by atoms with Crippen LogP contribution in [0.5, 0.6) is 0 Å². The molecule has 0 radical (unpaired) electrons. The van der Waals surface area contributed by atoms with E-state index in [-0.39, 0.29) is 15.0 Å². The van der Waals surface area contributed by atoms with Crippen LogP contribution in [0.1, 0.15) is 23.9 Å². The summed E-state index contributed by atoms with van der Waals surface area (Å²) >= 11 is 6.35. The van der Waals surface area contributed by atoms with E-state index in [1.54, 1.807) is 6.20 Å². The first-order valence-electron chi connectivity index (χ1n) is 5.24. The zero-order chi connectivity index (χ0) is 13.3. The van der Waals surface area contributed by atoms with Gasteiger partial charge in [-0.3, -0.25) is 0 Å². The Kier molecular flexibility index (Phi) is 4.11. The molecule has 0 aliphatic heterocycles. The Morgan fingerprint density at radius 2 is 2.06 bits per heavy atom. The third-order valence-corrected chi connectivity index (χ3v) is 4.15. The second kappa shape index (κ2) is 5.44. The van der Waals surface area contributed by atoms with Gasteiger partial charge in [-0.05, 0) is 28.4 Å². The molecule has 96 valence electrons. The maximum atomic E-state index is 13.7. The first kappa shape index (κ1) is 13.6. The molecule has 0 saturated heterocycles. The fourth-order valence-electron chi connectivity index (χ4n) is 1.43. The summed E-state index contributed by atoms with van der Waals surface area (Å²) in [6, 6.07) is 2.14. The van der Waals surface area contributed by atoms with E-state index in [9.17, 15) is 8.78 Å². The van der Waals surface area contributed by atoms with Crippen LogP contribution in [-0.4, -0.2) is 15.0 Å². The third kappa shape index (κ3) is 2.61. The van der Waals surface area contributed by atoms with Gasteiger partial charge >= 0.3 is 0 Å². The molecule has 18 heavy (non-hydrogen) atoms. The van der Waals surface area contributed by atoms with Crippen molar-refractivity contribution in [1.29, 1.82) is 0 Å². The number of rotatable bonds is 3. The summed E-state index contributed by atoms with van der Waals surface area (Å²) in [7, 11) is 0. The summed E-state index contributed by atoms with van der Waals surface area (Å²) in [4.78, 5) is 0.0506. The van der Waals surface area contributed by atoms with Crippen molar-refractivity contribution in [2.75, 3.05) is 0 Å². The molecule has 0 fully saturated rings. The van der Waals surface area contributed by atoms with Crippen LogP contribution in [0.2, 0.25) is 0 Å². The molecule has 2 aromatic rings. The third-order valence-electron chi connectivity index (χ3n) is 2.43. The van der Waals surface area contributed by atoms with E-state index in [1.807, 2.05) is 6.92 Å². The van der Waals surface area contributed by atoms with E-state index in [0.717, 1.165) is 18.6 Å². The predicted octanol–water partition coefficient (Wildman–Crippen LogP) is 4.15. The summed E-state index contributed by atoms with van der Waals surface area (Å²) in [6.45, 7) is 1.98. The van der Waals surface area contributed by atoms with Crippen molar-refractivity contribution < 1.29 is 8.78 Å². The van der Waals surface area contributed by atoms with E-state index < -0.39 is 11.6 Å². The van der Waals surface area contributed by atoms with Crippen LogP contribution >= 0.6 is 31.9 Å². The van der Waals surface area contributed by atoms with Crippen molar-refractivity contribution >= 4 is 31.9 Å². The van der Waals surface area contributed by atoms with Crippen molar-refractivity contribution in [3.05, 3.63) is 40.1 Å². The summed E-state index contributed by atoms with van der Waals surface area (Å²) in [5.41, 5.74) is 0.713. The molecule has 0 aliphatic carbocycles. The van der Waals surface area contributed by atoms with E-state index in [1.165, 1.54) is 4.68 Å². The number of alkyl halides is 1. The highest BCUT2D eigenvalue weighted by Crippen LogP contribution is 2.26. The number of halogens is 4. The van der Waals surface area contributed by atoms with Gasteiger partial charge in [-0.25, -0.2) is 13.5 Å². The molecule has 1 unspecified atom stereocenters. The van der Waals surface area contributed by atoms with Gasteiger partial charge in [-0.15, -0.1) is 5.10 Å². The molecule has 0 bridgehead atoms. The minimum absolute atomic E-state index is 0.0326. The van der Waals surface area contributed by atoms with Crippen LogP contribution in [0, 0.1) is 11.6 Å². The molecule has 0 saturated carbocycles. The normalized spacial score (nSPS) is 12.7. The Hall–Kier alpha value is -0.820. The number of aromatic nitrogens is 3. The van der Waals surface area contributed by atoms with Crippen LogP contribution in [0.3, 0.4) is 0 Å². The minimum atomic E-state index is -0.567. The monoisotopic (exact) mass is 379 g/mol. The lowest BCUT2D eigenvalue weighted by molar-refractivity contribution is 0.579. The Bertz CT molecular complexity index is 571. The highest BCUT2D eigenvalue weighted by molar-refractivity contribution is 9.10. The zero-order valence-electron chi connectivity index (χ0n) is 9.37. The summed E-state index contributed by atoms with van der Waals surface area (Å²) in [5, 5.41) is 7.72. The molecule has 1 heterocycles. The molecule has 3 nitrogen and oxygen atoms in total. The van der Waals surface area contributed by atoms with Crippen molar-refractivity contribution in [2.24, 2.45) is 0 Å². The van der Waals surface area contributed by atoms with Crippen LogP contribution in [0.15, 0.2) is 22.8 Å². The van der Waals surface area contributed by atoms with E-state index in [2.05, 4.69) is 42.2 Å². The molecule has 1 aromatic carbocycles. The summed E-state index contributed by atoms with van der Waals surface area (Å²) in [6.07, 6.45) is 2.41. The fourth-order valence-corrected chi connectivity index (χ4v) is 1.96. The largest absolute Gasteiger partial charge is 0.217 e. The molecule has 0 amide bonds. The maximum absolute atomic E-state index is 13.7. The number of nitrogens with zero attached hydrogens (tertiary/aromatic N) is 3. The van der Waals surface area contributed by atoms with Crippen molar-refractivity contribution in [2.45, 2.75) is 18.2 Å². The SMILES string of the molecule is CCC(Br)c1cn(-c2cc(F)c(Br)cc2F)nn1. The fraction of sp³-hybridized carbons (Fsp3) is 0.273. The van der Waals surface area contributed by atoms with Gasteiger partial charge in [0.1, 0.15) is 17.3 Å². The van der Waals surface area contributed by atoms with Crippen LogP contribution in [0.4, 0.5) is 8.78 Å². The summed E-state index contributed by atoms with van der Waals surface area (Å²) in [5.74, 6) is -1.11. The van der Waals surface area contributed by atoms with Gasteiger partial charge in [0.2, 0.25) is 0 Å². The van der Waals surface area contributed by atoms with Gasteiger partial charge in [0.05, 0.1) is 21.2 Å². The first-order chi connectivity index (χ1) is 8.52. The van der Waals surface area contributed by atoms with Crippen LogP contribution < -0.4 is 0 Å². The minimum Gasteiger partial charge on any atom is -0.217 e. The number of hydrogen-bond donors (Lipinski definition) is 0. The Morgan fingerprint density at radius 3 is 2.72 bits per heavy atom. The molecule has 2 rings (SSSR count). The molecular weight excluding hydrogens is 372 g/mol. The average molecular weight is 381 g/mol. The summed E-state index contributed by atoms with van der Waals surface area (Å²) < 4.78 is 28.4. The van der Waals surface area contributed by atoms with Gasteiger partial charge in [0.15, 0.2) is 0 Å². The topological polar surface area (TPSA) is 30.7 Å². The first-order valence-corrected chi connectivity index (χ1v) is 6.95. The van der Waals surface area contributed by atoms with Crippen LogP contribution in [0.25, 0.3) is 5.69 Å². The second-order valence-electron chi connectivity index (χ2n) is 3.68. The standard InChI is InChI=1S/C11H9Br2F2N3/c1-2-6(12)10-5-18(17-16-10)11-4-8(14)7(13)3-9(11)15/h3-6H,2H2,1H3. The van der Waals surface area contributed by atoms with Gasteiger partial charge in [0.25, 0.3) is 0 Å². The Labute approximate surface area is 119 Å². The van der Waals surface area contributed by atoms with Crippen LogP contribution in [-0.2, 0) is 0 Å². The highest BCUT2D eigenvalue weighted by atomic mass is 79.9. The molecule has 1 aromatic heterocycles. The van der Waals surface area contributed by atoms with E-state index in [0.29, 0.717) is 5.69 Å². The molecule has 0 N–H and O–H groups in total. The molecular formula is C11H9Br2F2N3. The molecule has 0 spiro atoms. The lowest BCUT2D eigenvalue weighted by Gasteiger charge is -2.04. The van der Waals surface area contributed by atoms with Crippen molar-refractivity contribution in [1.82, 2.24) is 15.0 Å². The zero-order valence-corrected chi connectivity index (χ0v) is 12.5. The molecule has 0 aliphatic rings. The highest BCUT2D eigenvalue weighted by Gasteiger charge is 2.14. The lowest BCUT2D eigenvalue weighted by Crippen LogP contribution is -2.00. The Balaban J connectivity index is 2.43. The van der Waals surface area contributed by atoms with Crippen molar-refractivity contribution in [3.8, 4) is 5.69 Å². The van der Waals surface area contributed by atoms with Gasteiger partial charge < -0.3 is 0 Å². The van der Waals surface area contributed by atoms with Gasteiger partial charge in [-0.1, -0.05) is 28.1 Å². The maximum Gasteiger partial charge on any atom is 0.150 e. The van der Waals surface area contributed by atoms with Gasteiger partial charge in [0, 0.05) is 6.07 Å². The quantitative estimate of drug-likeness (QED) is 0.591. The number of hydrogen-bond acceptors (Lipinski definition) is 2. The Morgan fingerprint density at radius 1 is 1.33 bits per heavy atom. The predicted molar refractivity (Wildman–Crippen MR) is 70.9 cm³/mol. The van der Waals surface area contributed by atoms with E-state index >= 15 is 0 Å². The average Bonchev–Trinajstić information content (AvgIpc) is 2.82.